The Morgan fingerprint density at radius 1 is 1.35 bits per heavy atom. The molecule has 2 rings (SSSR count). The van der Waals surface area contributed by atoms with E-state index in [0.29, 0.717) is 6.54 Å². The number of amides is 2. The third-order valence-corrected chi connectivity index (χ3v) is 3.35. The Kier molecular flexibility index (Phi) is 4.55. The Morgan fingerprint density at radius 3 is 2.55 bits per heavy atom. The van der Waals surface area contributed by atoms with E-state index in [1.54, 1.807) is 24.3 Å². The number of urea groups is 1. The molecule has 1 N–H and O–H groups in total. The molecule has 0 unspecified atom stereocenters. The Labute approximate surface area is 118 Å². The van der Waals surface area contributed by atoms with E-state index in [1.165, 1.54) is 4.90 Å². The van der Waals surface area contributed by atoms with Crippen molar-refractivity contribution in [2.75, 3.05) is 20.1 Å². The number of carbonyl (C=O) groups excluding carboxylic acids is 1. The Hall–Kier alpha value is -2.11. The molecular weight excluding hydrogens is 258 g/mol. The van der Waals surface area contributed by atoms with Crippen molar-refractivity contribution in [1.82, 2.24) is 14.8 Å². The van der Waals surface area contributed by atoms with E-state index in [1.807, 2.05) is 12.1 Å². The van der Waals surface area contributed by atoms with Crippen molar-refractivity contribution in [2.24, 2.45) is 0 Å². The van der Waals surface area contributed by atoms with Gasteiger partial charge in [0.1, 0.15) is 6.54 Å². The van der Waals surface area contributed by atoms with E-state index in [9.17, 15) is 9.59 Å². The van der Waals surface area contributed by atoms with Gasteiger partial charge < -0.3 is 14.9 Å². The van der Waals surface area contributed by atoms with Crippen molar-refractivity contribution in [3.63, 3.8) is 0 Å². The molecule has 0 atom stereocenters. The number of hydrogen-bond acceptors (Lipinski definition) is 3. The maximum atomic E-state index is 12.3. The number of carboxylic acid groups (broad SMARTS) is 1. The number of pyridine rings is 1. The largest absolute Gasteiger partial charge is 0.480 e. The molecule has 1 saturated carbocycles. The molecule has 0 spiro atoms. The third kappa shape index (κ3) is 3.94. The van der Waals surface area contributed by atoms with Gasteiger partial charge in [0.15, 0.2) is 0 Å². The molecule has 1 aliphatic rings. The van der Waals surface area contributed by atoms with E-state index in [-0.39, 0.29) is 18.6 Å². The van der Waals surface area contributed by atoms with E-state index in [4.69, 9.17) is 5.11 Å². The number of hydrogen-bond donors (Lipinski definition) is 1. The Morgan fingerprint density at radius 2 is 2.00 bits per heavy atom. The van der Waals surface area contributed by atoms with Gasteiger partial charge in [-0.25, -0.2) is 4.79 Å². The summed E-state index contributed by atoms with van der Waals surface area (Å²) in [5, 5.41) is 8.88. The number of nitrogens with zero attached hydrogens (tertiary/aromatic N) is 3. The molecule has 1 heterocycles. The van der Waals surface area contributed by atoms with Crippen LogP contribution in [-0.4, -0.2) is 58.1 Å². The lowest BCUT2D eigenvalue weighted by atomic mass is 10.2. The second-order valence-corrected chi connectivity index (χ2v) is 5.06. The zero-order chi connectivity index (χ0) is 14.5. The summed E-state index contributed by atoms with van der Waals surface area (Å²) in [6.07, 6.45) is 5.97. The minimum absolute atomic E-state index is 0.0991. The van der Waals surface area contributed by atoms with Crippen molar-refractivity contribution in [3.8, 4) is 0 Å². The summed E-state index contributed by atoms with van der Waals surface area (Å²) >= 11 is 0. The average molecular weight is 277 g/mol. The van der Waals surface area contributed by atoms with Crippen LogP contribution in [0.2, 0.25) is 0 Å². The third-order valence-electron chi connectivity index (χ3n) is 3.35. The predicted octanol–water partition coefficient (Wildman–Crippen LogP) is 1.22. The molecule has 1 aromatic heterocycles. The van der Waals surface area contributed by atoms with Gasteiger partial charge in [0.05, 0.1) is 0 Å². The van der Waals surface area contributed by atoms with E-state index in [0.717, 1.165) is 24.8 Å². The molecule has 0 saturated heterocycles. The predicted molar refractivity (Wildman–Crippen MR) is 73.3 cm³/mol. The lowest BCUT2D eigenvalue weighted by molar-refractivity contribution is -0.137. The fraction of sp³-hybridized carbons (Fsp3) is 0.500. The number of aliphatic carboxylic acids is 1. The summed E-state index contributed by atoms with van der Waals surface area (Å²) in [7, 11) is 1.71. The van der Waals surface area contributed by atoms with Gasteiger partial charge >= 0.3 is 12.0 Å². The van der Waals surface area contributed by atoms with Crippen LogP contribution in [0.1, 0.15) is 18.4 Å². The summed E-state index contributed by atoms with van der Waals surface area (Å²) in [5.41, 5.74) is 1.11. The second-order valence-electron chi connectivity index (χ2n) is 5.06. The normalized spacial score (nSPS) is 13.8. The van der Waals surface area contributed by atoms with Crippen molar-refractivity contribution >= 4 is 12.0 Å². The van der Waals surface area contributed by atoms with E-state index in [2.05, 4.69) is 4.98 Å². The minimum atomic E-state index is -0.965. The summed E-state index contributed by atoms with van der Waals surface area (Å²) in [4.78, 5) is 30.1. The molecule has 2 amide bonds. The smallest absolute Gasteiger partial charge is 0.323 e. The van der Waals surface area contributed by atoms with Crippen LogP contribution in [0, 0.1) is 0 Å². The first-order valence-corrected chi connectivity index (χ1v) is 6.70. The summed E-state index contributed by atoms with van der Waals surface area (Å²) in [6.45, 7) is 0.342. The number of carbonyl (C=O) groups is 2. The molecule has 1 aliphatic carbocycles. The molecule has 1 fully saturated rings. The molecule has 0 aromatic carbocycles. The first-order chi connectivity index (χ1) is 9.58. The van der Waals surface area contributed by atoms with Gasteiger partial charge in [0.2, 0.25) is 0 Å². The molecule has 108 valence electrons. The zero-order valence-corrected chi connectivity index (χ0v) is 11.5. The van der Waals surface area contributed by atoms with E-state index < -0.39 is 5.97 Å². The highest BCUT2D eigenvalue weighted by atomic mass is 16.4. The lowest BCUT2D eigenvalue weighted by Crippen LogP contribution is -2.45. The molecule has 6 nitrogen and oxygen atoms in total. The van der Waals surface area contributed by atoms with Gasteiger partial charge in [0.25, 0.3) is 0 Å². The fourth-order valence-corrected chi connectivity index (χ4v) is 2.05. The van der Waals surface area contributed by atoms with Crippen LogP contribution >= 0.6 is 0 Å². The molecule has 20 heavy (non-hydrogen) atoms. The van der Waals surface area contributed by atoms with Crippen molar-refractivity contribution in [2.45, 2.75) is 25.3 Å². The van der Waals surface area contributed by atoms with Crippen LogP contribution in [0.15, 0.2) is 24.5 Å². The molecule has 6 heteroatoms. The lowest BCUT2D eigenvalue weighted by Gasteiger charge is -2.27. The molecular formula is C14H19N3O3. The van der Waals surface area contributed by atoms with Gasteiger partial charge in [-0.1, -0.05) is 0 Å². The van der Waals surface area contributed by atoms with Gasteiger partial charge in [-0.05, 0) is 37.0 Å². The van der Waals surface area contributed by atoms with Gasteiger partial charge in [-0.3, -0.25) is 9.78 Å². The minimum Gasteiger partial charge on any atom is -0.480 e. The monoisotopic (exact) mass is 277 g/mol. The molecule has 0 radical (unpaired) electrons. The fourth-order valence-electron chi connectivity index (χ4n) is 2.05. The standard InChI is InChI=1S/C14H19N3O3/c1-16(9-6-11-4-7-15-8-5-11)14(20)17(10-13(18)19)12-2-3-12/h4-5,7-8,12H,2-3,6,9-10H2,1H3,(H,18,19). The van der Waals surface area contributed by atoms with Crippen LogP contribution < -0.4 is 0 Å². The van der Waals surface area contributed by atoms with Crippen molar-refractivity contribution < 1.29 is 14.7 Å². The highest BCUT2D eigenvalue weighted by Gasteiger charge is 2.35. The Balaban J connectivity index is 1.88. The second kappa shape index (κ2) is 6.36. The number of carboxylic acids is 1. The number of rotatable bonds is 6. The Bertz CT molecular complexity index is 474. The average Bonchev–Trinajstić information content (AvgIpc) is 3.27. The first kappa shape index (κ1) is 14.3. The van der Waals surface area contributed by atoms with Crippen LogP contribution in [-0.2, 0) is 11.2 Å². The quantitative estimate of drug-likeness (QED) is 0.848. The first-order valence-electron chi connectivity index (χ1n) is 6.70. The summed E-state index contributed by atoms with van der Waals surface area (Å²) < 4.78 is 0. The topological polar surface area (TPSA) is 73.7 Å². The van der Waals surface area contributed by atoms with Crippen LogP contribution in [0.5, 0.6) is 0 Å². The molecule has 0 bridgehead atoms. The number of aromatic nitrogens is 1. The van der Waals surface area contributed by atoms with Crippen LogP contribution in [0.4, 0.5) is 4.79 Å². The zero-order valence-electron chi connectivity index (χ0n) is 11.5. The molecule has 0 aliphatic heterocycles. The van der Waals surface area contributed by atoms with Crippen LogP contribution in [0.25, 0.3) is 0 Å². The number of likely N-dealkylation sites (N-methyl/N-ethyl adjacent to an activating group) is 1. The SMILES string of the molecule is CN(CCc1ccncc1)C(=O)N(CC(=O)O)C1CC1. The van der Waals surface area contributed by atoms with Gasteiger partial charge in [-0.2, -0.15) is 0 Å². The van der Waals surface area contributed by atoms with E-state index >= 15 is 0 Å². The maximum Gasteiger partial charge on any atom is 0.323 e. The highest BCUT2D eigenvalue weighted by molar-refractivity contribution is 5.80. The highest BCUT2D eigenvalue weighted by Crippen LogP contribution is 2.27. The van der Waals surface area contributed by atoms with Crippen LogP contribution in [0.3, 0.4) is 0 Å². The van der Waals surface area contributed by atoms with Gasteiger partial charge in [0, 0.05) is 32.0 Å². The molecule has 1 aromatic rings. The van der Waals surface area contributed by atoms with Crippen molar-refractivity contribution in [3.05, 3.63) is 30.1 Å². The maximum absolute atomic E-state index is 12.3. The summed E-state index contributed by atoms with van der Waals surface area (Å²) in [6, 6.07) is 3.72. The van der Waals surface area contributed by atoms with Crippen molar-refractivity contribution in [1.29, 1.82) is 0 Å². The summed E-state index contributed by atoms with van der Waals surface area (Å²) in [5.74, 6) is -0.965. The van der Waals surface area contributed by atoms with Gasteiger partial charge in [-0.15, -0.1) is 0 Å².